The summed E-state index contributed by atoms with van der Waals surface area (Å²) in [6.45, 7) is 1.63. The van der Waals surface area contributed by atoms with Crippen LogP contribution in [0.1, 0.15) is 24.1 Å². The molecule has 1 N–H and O–H groups in total. The Morgan fingerprint density at radius 2 is 1.28 bits per heavy atom. The van der Waals surface area contributed by atoms with E-state index in [1.165, 1.54) is 10.6 Å². The zero-order valence-electron chi connectivity index (χ0n) is 17.9. The first-order valence-electron chi connectivity index (χ1n) is 9.91. The van der Waals surface area contributed by atoms with Crippen LogP contribution in [-0.4, -0.2) is 34.1 Å². The highest BCUT2D eigenvalue weighted by Gasteiger charge is 2.26. The molecule has 0 saturated carbocycles. The van der Waals surface area contributed by atoms with Crippen LogP contribution < -0.4 is 14.7 Å². The van der Waals surface area contributed by atoms with Crippen LogP contribution in [0.25, 0.3) is 0 Å². The Hall–Kier alpha value is -3.11. The first-order chi connectivity index (χ1) is 13.9. The zero-order chi connectivity index (χ0) is 21.0. The van der Waals surface area contributed by atoms with Crippen LogP contribution in [0.5, 0.6) is 0 Å². The predicted molar refractivity (Wildman–Crippen MR) is 121 cm³/mol. The molecule has 1 atom stereocenters. The second kappa shape index (κ2) is 8.93. The van der Waals surface area contributed by atoms with Crippen molar-refractivity contribution >= 4 is 23.0 Å². The van der Waals surface area contributed by atoms with Crippen molar-refractivity contribution in [3.63, 3.8) is 0 Å². The standard InChI is InChI=1S/C25H29N3O/c1-19(29)28(24-9-7-6-8-10-24)25(20-11-15-22(16-12-20)26(2)3)21-13-17-23(18-14-21)27(4)5/h6-18,25H,1-5H3/p+1. The average Bonchev–Trinajstić information content (AvgIpc) is 2.72. The quantitative estimate of drug-likeness (QED) is 0.698. The van der Waals surface area contributed by atoms with Crippen LogP contribution in [0.3, 0.4) is 0 Å². The van der Waals surface area contributed by atoms with Gasteiger partial charge in [0.1, 0.15) is 5.69 Å². The van der Waals surface area contributed by atoms with E-state index in [4.69, 9.17) is 0 Å². The predicted octanol–water partition coefficient (Wildman–Crippen LogP) is 3.67. The molecular weight excluding hydrogens is 358 g/mol. The summed E-state index contributed by atoms with van der Waals surface area (Å²) in [5.41, 5.74) is 5.41. The molecule has 1 unspecified atom stereocenters. The van der Waals surface area contributed by atoms with Crippen LogP contribution in [0, 0.1) is 0 Å². The molecule has 3 rings (SSSR count). The van der Waals surface area contributed by atoms with E-state index in [0.29, 0.717) is 0 Å². The van der Waals surface area contributed by atoms with Gasteiger partial charge in [0.15, 0.2) is 0 Å². The Morgan fingerprint density at radius 1 is 0.759 bits per heavy atom. The van der Waals surface area contributed by atoms with Crippen molar-refractivity contribution in [1.29, 1.82) is 0 Å². The molecule has 0 heterocycles. The summed E-state index contributed by atoms with van der Waals surface area (Å²) in [5.74, 6) is 0.0141. The zero-order valence-corrected chi connectivity index (χ0v) is 17.9. The maximum atomic E-state index is 12.8. The van der Waals surface area contributed by atoms with Gasteiger partial charge in [0, 0.05) is 32.4 Å². The molecule has 0 aliphatic rings. The molecule has 0 saturated heterocycles. The van der Waals surface area contributed by atoms with Gasteiger partial charge >= 0.3 is 0 Å². The van der Waals surface area contributed by atoms with Crippen molar-refractivity contribution in [2.45, 2.75) is 13.0 Å². The molecule has 0 aliphatic carbocycles. The Bertz CT molecular complexity index is 881. The van der Waals surface area contributed by atoms with Crippen molar-refractivity contribution in [3.8, 4) is 0 Å². The van der Waals surface area contributed by atoms with Crippen LogP contribution in [0.2, 0.25) is 0 Å². The van der Waals surface area contributed by atoms with Gasteiger partial charge in [0.05, 0.1) is 20.1 Å². The summed E-state index contributed by atoms with van der Waals surface area (Å²) in [5, 5.41) is 0. The van der Waals surface area contributed by atoms with Gasteiger partial charge in [-0.05, 0) is 47.5 Å². The molecule has 0 radical (unpaired) electrons. The molecular formula is C25H30N3O+. The monoisotopic (exact) mass is 388 g/mol. The first kappa shape index (κ1) is 20.6. The second-order valence-corrected chi connectivity index (χ2v) is 7.74. The lowest BCUT2D eigenvalue weighted by Crippen LogP contribution is -3.00. The number of nitrogens with zero attached hydrogens (tertiary/aromatic N) is 2. The number of hydrogen-bond donors (Lipinski definition) is 1. The minimum Gasteiger partial charge on any atom is -0.378 e. The molecule has 0 spiro atoms. The number of hydrogen-bond acceptors (Lipinski definition) is 2. The molecule has 29 heavy (non-hydrogen) atoms. The number of carbonyl (C=O) groups is 1. The smallest absolute Gasteiger partial charge is 0.224 e. The normalized spacial score (nSPS) is 11.9. The molecule has 150 valence electrons. The number of quaternary nitrogens is 1. The van der Waals surface area contributed by atoms with Crippen LogP contribution in [-0.2, 0) is 4.79 Å². The summed E-state index contributed by atoms with van der Waals surface area (Å²) >= 11 is 0. The lowest BCUT2D eigenvalue weighted by Gasteiger charge is -2.32. The first-order valence-corrected chi connectivity index (χ1v) is 9.91. The molecule has 3 aromatic rings. The molecule has 4 nitrogen and oxygen atoms in total. The molecule has 1 amide bonds. The fourth-order valence-electron chi connectivity index (χ4n) is 3.55. The van der Waals surface area contributed by atoms with Gasteiger partial charge in [-0.25, -0.2) is 0 Å². The van der Waals surface area contributed by atoms with Gasteiger partial charge in [-0.1, -0.05) is 42.5 Å². The highest BCUT2D eigenvalue weighted by molar-refractivity contribution is 5.93. The van der Waals surface area contributed by atoms with Crippen molar-refractivity contribution in [2.24, 2.45) is 0 Å². The number of benzene rings is 3. The third-order valence-electron chi connectivity index (χ3n) is 5.16. The summed E-state index contributed by atoms with van der Waals surface area (Å²) in [7, 11) is 8.28. The van der Waals surface area contributed by atoms with E-state index in [1.54, 1.807) is 6.92 Å². The van der Waals surface area contributed by atoms with Gasteiger partial charge in [-0.2, -0.15) is 0 Å². The Kier molecular flexibility index (Phi) is 6.35. The molecule has 0 aliphatic heterocycles. The fraction of sp³-hybridized carbons (Fsp3) is 0.240. The number of nitrogens with one attached hydrogen (secondary N) is 1. The summed E-state index contributed by atoms with van der Waals surface area (Å²) < 4.78 is 0. The van der Waals surface area contributed by atoms with Crippen LogP contribution in [0.4, 0.5) is 17.1 Å². The van der Waals surface area contributed by atoms with Crippen molar-refractivity contribution in [2.75, 3.05) is 38.0 Å². The Balaban J connectivity index is 2.13. The number of para-hydroxylation sites is 1. The summed E-state index contributed by atoms with van der Waals surface area (Å²) in [4.78, 5) is 18.0. The third-order valence-corrected chi connectivity index (χ3v) is 5.16. The summed E-state index contributed by atoms with van der Waals surface area (Å²) in [6.07, 6.45) is 0. The SMILES string of the molecule is CC(=O)N(c1ccccc1)C(c1ccc(N(C)C)cc1)c1ccc([NH+](C)C)cc1. The molecule has 0 fully saturated rings. The summed E-state index contributed by atoms with van der Waals surface area (Å²) in [6, 6.07) is 26.6. The Labute approximate surface area is 174 Å². The van der Waals surface area contributed by atoms with E-state index in [2.05, 4.69) is 67.5 Å². The largest absolute Gasteiger partial charge is 0.378 e. The van der Waals surface area contributed by atoms with E-state index in [0.717, 1.165) is 22.5 Å². The maximum Gasteiger partial charge on any atom is 0.224 e. The molecule has 4 heteroatoms. The van der Waals surface area contributed by atoms with E-state index < -0.39 is 0 Å². The number of anilines is 2. The topological polar surface area (TPSA) is 28.0 Å². The van der Waals surface area contributed by atoms with E-state index in [1.807, 2.05) is 49.3 Å². The van der Waals surface area contributed by atoms with E-state index >= 15 is 0 Å². The Morgan fingerprint density at radius 3 is 1.72 bits per heavy atom. The van der Waals surface area contributed by atoms with Gasteiger partial charge < -0.3 is 14.7 Å². The highest BCUT2D eigenvalue weighted by atomic mass is 16.2. The lowest BCUT2D eigenvalue weighted by atomic mass is 9.95. The molecule has 0 aromatic heterocycles. The van der Waals surface area contributed by atoms with Crippen molar-refractivity contribution < 1.29 is 9.69 Å². The minimum atomic E-state index is -0.197. The minimum absolute atomic E-state index is 0.0141. The van der Waals surface area contributed by atoms with Gasteiger partial charge in [-0.15, -0.1) is 0 Å². The fourth-order valence-corrected chi connectivity index (χ4v) is 3.55. The number of rotatable bonds is 6. The second-order valence-electron chi connectivity index (χ2n) is 7.74. The lowest BCUT2D eigenvalue weighted by molar-refractivity contribution is -0.786. The van der Waals surface area contributed by atoms with Crippen molar-refractivity contribution in [3.05, 3.63) is 90.0 Å². The van der Waals surface area contributed by atoms with Gasteiger partial charge in [0.2, 0.25) is 5.91 Å². The molecule has 0 bridgehead atoms. The highest BCUT2D eigenvalue weighted by Crippen LogP contribution is 2.34. The number of carbonyl (C=O) groups excluding carboxylic acids is 1. The van der Waals surface area contributed by atoms with Gasteiger partial charge in [0.25, 0.3) is 0 Å². The van der Waals surface area contributed by atoms with Crippen LogP contribution >= 0.6 is 0 Å². The van der Waals surface area contributed by atoms with Crippen LogP contribution in [0.15, 0.2) is 78.9 Å². The van der Waals surface area contributed by atoms with E-state index in [-0.39, 0.29) is 11.9 Å². The molecule has 3 aromatic carbocycles. The van der Waals surface area contributed by atoms with Crippen molar-refractivity contribution in [1.82, 2.24) is 0 Å². The average molecular weight is 389 g/mol. The number of amides is 1. The maximum absolute atomic E-state index is 12.8. The third kappa shape index (κ3) is 4.66. The van der Waals surface area contributed by atoms with Gasteiger partial charge in [-0.3, -0.25) is 4.79 Å². The van der Waals surface area contributed by atoms with E-state index in [9.17, 15) is 4.79 Å².